The van der Waals surface area contributed by atoms with Gasteiger partial charge in [-0.15, -0.1) is 0 Å². The highest BCUT2D eigenvalue weighted by atomic mass is 32.2. The molecular weight excluding hydrogens is 374 g/mol. The summed E-state index contributed by atoms with van der Waals surface area (Å²) in [7, 11) is -3.30. The van der Waals surface area contributed by atoms with Gasteiger partial charge in [-0.05, 0) is 50.5 Å². The van der Waals surface area contributed by atoms with Crippen LogP contribution in [-0.2, 0) is 10.0 Å². The normalized spacial score (nSPS) is 14.8. The zero-order valence-corrected chi connectivity index (χ0v) is 16.9. The number of nitrogens with one attached hydrogen (secondary N) is 1. The Morgan fingerprint density at radius 3 is 2.46 bits per heavy atom. The fourth-order valence-corrected chi connectivity index (χ4v) is 4.37. The molecule has 1 aromatic heterocycles. The van der Waals surface area contributed by atoms with E-state index in [4.69, 9.17) is 10.5 Å². The van der Waals surface area contributed by atoms with Gasteiger partial charge in [-0.3, -0.25) is 4.72 Å². The summed E-state index contributed by atoms with van der Waals surface area (Å²) in [6, 6.07) is 13.8. The van der Waals surface area contributed by atoms with E-state index in [1.54, 1.807) is 12.1 Å². The van der Waals surface area contributed by atoms with Crippen LogP contribution in [0.3, 0.4) is 0 Å². The number of nitrogen functional groups attached to an aromatic ring is 1. The quantitative estimate of drug-likeness (QED) is 0.644. The number of hydrogen-bond acceptors (Lipinski definition) is 4. The van der Waals surface area contributed by atoms with Crippen LogP contribution >= 0.6 is 0 Å². The Bertz CT molecular complexity index is 1110. The summed E-state index contributed by atoms with van der Waals surface area (Å²) in [6.07, 6.45) is 4.61. The molecule has 0 amide bonds. The molecule has 148 valence electrons. The van der Waals surface area contributed by atoms with Gasteiger partial charge in [0.25, 0.3) is 0 Å². The van der Waals surface area contributed by atoms with Crippen molar-refractivity contribution in [3.05, 3.63) is 42.5 Å². The third kappa shape index (κ3) is 3.42. The highest BCUT2D eigenvalue weighted by Crippen LogP contribution is 2.44. The number of anilines is 2. The standard InChI is InChI=1S/C21H25N3O3S/c1-3-27-17-11-12-18-19(13-17)24(16-5-4-6-16)21(20(18)22)14-7-9-15(10-8-14)23-28(2,25)26/h7-13,16,23H,3-6,22H2,1-2H3. The number of fused-ring (bicyclic) bond motifs is 1. The number of hydrogen-bond donors (Lipinski definition) is 2. The second-order valence-electron chi connectivity index (χ2n) is 7.28. The molecule has 3 aromatic rings. The summed E-state index contributed by atoms with van der Waals surface area (Å²) in [4.78, 5) is 0. The third-order valence-corrected chi connectivity index (χ3v) is 5.83. The highest BCUT2D eigenvalue weighted by Gasteiger charge is 2.27. The summed E-state index contributed by atoms with van der Waals surface area (Å²) in [5.74, 6) is 0.840. The van der Waals surface area contributed by atoms with Crippen molar-refractivity contribution in [1.82, 2.24) is 4.57 Å². The van der Waals surface area contributed by atoms with E-state index in [0.717, 1.165) is 52.7 Å². The van der Waals surface area contributed by atoms with Crippen molar-refractivity contribution in [2.45, 2.75) is 32.2 Å². The minimum atomic E-state index is -3.30. The summed E-state index contributed by atoms with van der Waals surface area (Å²) < 4.78 is 33.4. The molecule has 1 fully saturated rings. The van der Waals surface area contributed by atoms with Crippen LogP contribution in [-0.4, -0.2) is 25.8 Å². The average molecular weight is 400 g/mol. The van der Waals surface area contributed by atoms with E-state index in [9.17, 15) is 8.42 Å². The molecule has 1 saturated carbocycles. The molecular formula is C21H25N3O3S. The van der Waals surface area contributed by atoms with Gasteiger partial charge in [-0.25, -0.2) is 8.42 Å². The summed E-state index contributed by atoms with van der Waals surface area (Å²) in [6.45, 7) is 2.59. The molecule has 1 aliphatic carbocycles. The van der Waals surface area contributed by atoms with Crippen molar-refractivity contribution in [1.29, 1.82) is 0 Å². The van der Waals surface area contributed by atoms with Crippen molar-refractivity contribution < 1.29 is 13.2 Å². The molecule has 0 atom stereocenters. The first-order valence-electron chi connectivity index (χ1n) is 9.52. The van der Waals surface area contributed by atoms with Crippen molar-refractivity contribution in [3.63, 3.8) is 0 Å². The van der Waals surface area contributed by atoms with Gasteiger partial charge >= 0.3 is 0 Å². The lowest BCUT2D eigenvalue weighted by Gasteiger charge is -2.30. The van der Waals surface area contributed by atoms with Gasteiger partial charge in [0.15, 0.2) is 0 Å². The maximum atomic E-state index is 11.5. The highest BCUT2D eigenvalue weighted by molar-refractivity contribution is 7.92. The lowest BCUT2D eigenvalue weighted by Crippen LogP contribution is -2.18. The van der Waals surface area contributed by atoms with E-state index < -0.39 is 10.0 Å². The maximum Gasteiger partial charge on any atom is 0.229 e. The molecule has 0 bridgehead atoms. The first-order valence-corrected chi connectivity index (χ1v) is 11.4. The zero-order valence-electron chi connectivity index (χ0n) is 16.1. The van der Waals surface area contributed by atoms with Gasteiger partial charge < -0.3 is 15.0 Å². The number of nitrogens with zero attached hydrogens (tertiary/aromatic N) is 1. The van der Waals surface area contributed by atoms with Crippen molar-refractivity contribution in [3.8, 4) is 17.0 Å². The zero-order chi connectivity index (χ0) is 19.9. The summed E-state index contributed by atoms with van der Waals surface area (Å²) in [5, 5.41) is 1.02. The monoisotopic (exact) mass is 399 g/mol. The molecule has 0 unspecified atom stereocenters. The molecule has 3 N–H and O–H groups in total. The van der Waals surface area contributed by atoms with Crippen LogP contribution < -0.4 is 15.2 Å². The maximum absolute atomic E-state index is 11.5. The molecule has 7 heteroatoms. The Morgan fingerprint density at radius 2 is 1.89 bits per heavy atom. The molecule has 4 rings (SSSR count). The van der Waals surface area contributed by atoms with Gasteiger partial charge in [0.05, 0.1) is 29.8 Å². The topological polar surface area (TPSA) is 86.3 Å². The molecule has 0 saturated heterocycles. The predicted octanol–water partition coefficient (Wildman–Crippen LogP) is 4.39. The third-order valence-electron chi connectivity index (χ3n) is 5.23. The largest absolute Gasteiger partial charge is 0.494 e. The average Bonchev–Trinajstić information content (AvgIpc) is 2.86. The van der Waals surface area contributed by atoms with Crippen LogP contribution in [0.25, 0.3) is 22.2 Å². The van der Waals surface area contributed by atoms with Crippen LogP contribution in [0.2, 0.25) is 0 Å². The summed E-state index contributed by atoms with van der Waals surface area (Å²) in [5.41, 5.74) is 10.9. The molecule has 0 spiro atoms. The summed E-state index contributed by atoms with van der Waals surface area (Å²) >= 11 is 0. The lowest BCUT2D eigenvalue weighted by molar-refractivity contribution is 0.323. The fourth-order valence-electron chi connectivity index (χ4n) is 3.80. The first-order chi connectivity index (χ1) is 13.4. The Balaban J connectivity index is 1.84. The molecule has 28 heavy (non-hydrogen) atoms. The molecule has 2 aromatic carbocycles. The number of sulfonamides is 1. The first kappa shape index (κ1) is 18.7. The second kappa shape index (κ2) is 7.05. The molecule has 0 radical (unpaired) electrons. The van der Waals surface area contributed by atoms with E-state index in [2.05, 4.69) is 15.4 Å². The molecule has 1 aliphatic rings. The van der Waals surface area contributed by atoms with Crippen molar-refractivity contribution >= 4 is 32.3 Å². The molecule has 6 nitrogen and oxygen atoms in total. The van der Waals surface area contributed by atoms with E-state index >= 15 is 0 Å². The number of benzene rings is 2. The smallest absolute Gasteiger partial charge is 0.229 e. The number of nitrogens with two attached hydrogens (primary N) is 1. The lowest BCUT2D eigenvalue weighted by atomic mass is 9.92. The van der Waals surface area contributed by atoms with E-state index in [0.29, 0.717) is 18.3 Å². The Labute approximate surface area is 165 Å². The van der Waals surface area contributed by atoms with E-state index in [-0.39, 0.29) is 0 Å². The Hall–Kier alpha value is -2.67. The van der Waals surface area contributed by atoms with E-state index in [1.165, 1.54) is 6.42 Å². The van der Waals surface area contributed by atoms with Crippen LogP contribution in [0.5, 0.6) is 5.75 Å². The van der Waals surface area contributed by atoms with Crippen LogP contribution in [0, 0.1) is 0 Å². The van der Waals surface area contributed by atoms with Gasteiger partial charge in [0.1, 0.15) is 5.75 Å². The van der Waals surface area contributed by atoms with Crippen LogP contribution in [0.1, 0.15) is 32.2 Å². The van der Waals surface area contributed by atoms with Crippen molar-refractivity contribution in [2.75, 3.05) is 23.3 Å². The predicted molar refractivity (Wildman–Crippen MR) is 114 cm³/mol. The molecule has 1 heterocycles. The second-order valence-corrected chi connectivity index (χ2v) is 9.03. The van der Waals surface area contributed by atoms with E-state index in [1.807, 2.05) is 31.2 Å². The number of ether oxygens (including phenoxy) is 1. The van der Waals surface area contributed by atoms with Crippen molar-refractivity contribution in [2.24, 2.45) is 0 Å². The Morgan fingerprint density at radius 1 is 1.18 bits per heavy atom. The minimum Gasteiger partial charge on any atom is -0.494 e. The van der Waals surface area contributed by atoms with Crippen LogP contribution in [0.15, 0.2) is 42.5 Å². The van der Waals surface area contributed by atoms with Gasteiger partial charge in [-0.1, -0.05) is 12.1 Å². The fraction of sp³-hybridized carbons (Fsp3) is 0.333. The van der Waals surface area contributed by atoms with Crippen LogP contribution in [0.4, 0.5) is 11.4 Å². The minimum absolute atomic E-state index is 0.417. The van der Waals surface area contributed by atoms with Gasteiger partial charge in [-0.2, -0.15) is 0 Å². The SMILES string of the molecule is CCOc1ccc2c(N)c(-c3ccc(NS(C)(=O)=O)cc3)n(C3CCC3)c2c1. The van der Waals surface area contributed by atoms with Gasteiger partial charge in [0.2, 0.25) is 10.0 Å². The number of rotatable bonds is 6. The Kier molecular flexibility index (Phi) is 4.71. The van der Waals surface area contributed by atoms with Gasteiger partial charge in [0, 0.05) is 28.7 Å². The molecule has 0 aliphatic heterocycles. The number of aromatic nitrogens is 1.